The number of likely N-dealkylation sites (tertiary alicyclic amines) is 3. The van der Waals surface area contributed by atoms with Gasteiger partial charge in [-0.15, -0.1) is 0 Å². The number of benzene rings is 2. The Balaban J connectivity index is 1.13. The molecule has 0 spiro atoms. The molecule has 3 saturated heterocycles. The summed E-state index contributed by atoms with van der Waals surface area (Å²) in [6.07, 6.45) is 2.93. The van der Waals surface area contributed by atoms with Gasteiger partial charge < -0.3 is 19.6 Å². The summed E-state index contributed by atoms with van der Waals surface area (Å²) in [5.74, 6) is -1.62. The number of carboxylic acid groups (broad SMARTS) is 1. The van der Waals surface area contributed by atoms with E-state index in [0.29, 0.717) is 58.2 Å². The summed E-state index contributed by atoms with van der Waals surface area (Å²) in [7, 11) is 0. The van der Waals surface area contributed by atoms with Gasteiger partial charge in [0.05, 0.1) is 0 Å². The Morgan fingerprint density at radius 1 is 0.692 bits per heavy atom. The second kappa shape index (κ2) is 10.4. The molecule has 0 radical (unpaired) electrons. The van der Waals surface area contributed by atoms with Crippen LogP contribution in [0, 0.1) is 0 Å². The van der Waals surface area contributed by atoms with Crippen LogP contribution in [0.1, 0.15) is 55.6 Å². The SMILES string of the molecule is O=C(O)[C@@H]1CCCN1C(=O)[C@H]1CCCN1C(=O)[C@@H]1CCCN1C(=O)OCC1c2ccccc2-c2ccccc21. The van der Waals surface area contributed by atoms with E-state index in [1.54, 1.807) is 4.90 Å². The molecule has 0 bridgehead atoms. The minimum Gasteiger partial charge on any atom is -0.480 e. The van der Waals surface area contributed by atoms with Crippen LogP contribution >= 0.6 is 0 Å². The second-order valence-corrected chi connectivity index (χ2v) is 10.9. The molecule has 9 heteroatoms. The van der Waals surface area contributed by atoms with Crippen LogP contribution < -0.4 is 0 Å². The maximum atomic E-state index is 13.7. The van der Waals surface area contributed by atoms with Gasteiger partial charge in [-0.1, -0.05) is 48.5 Å². The number of carboxylic acids is 1. The van der Waals surface area contributed by atoms with Crippen LogP contribution in [-0.2, 0) is 19.1 Å². The molecule has 39 heavy (non-hydrogen) atoms. The number of ether oxygens (including phenoxy) is 1. The molecule has 3 atom stereocenters. The fourth-order valence-corrected chi connectivity index (χ4v) is 6.88. The Bertz CT molecular complexity index is 1270. The van der Waals surface area contributed by atoms with Crippen molar-refractivity contribution < 1.29 is 29.0 Å². The monoisotopic (exact) mass is 531 g/mol. The van der Waals surface area contributed by atoms with Crippen molar-refractivity contribution in [1.29, 1.82) is 0 Å². The number of fused-ring (bicyclic) bond motifs is 3. The van der Waals surface area contributed by atoms with E-state index in [-0.39, 0.29) is 24.3 Å². The number of carbonyl (C=O) groups excluding carboxylic acids is 3. The quantitative estimate of drug-likeness (QED) is 0.633. The molecule has 3 fully saturated rings. The van der Waals surface area contributed by atoms with E-state index < -0.39 is 30.2 Å². The molecule has 3 amide bonds. The number of amides is 3. The number of nitrogens with zero attached hydrogens (tertiary/aromatic N) is 3. The molecule has 2 aromatic rings. The van der Waals surface area contributed by atoms with Crippen molar-refractivity contribution in [2.24, 2.45) is 0 Å². The van der Waals surface area contributed by atoms with E-state index in [4.69, 9.17) is 4.74 Å². The normalized spacial score (nSPS) is 24.1. The Morgan fingerprint density at radius 2 is 1.15 bits per heavy atom. The maximum absolute atomic E-state index is 13.7. The van der Waals surface area contributed by atoms with Crippen LogP contribution in [-0.4, -0.2) is 88.0 Å². The molecular weight excluding hydrogens is 498 g/mol. The topological polar surface area (TPSA) is 107 Å². The lowest BCUT2D eigenvalue weighted by Crippen LogP contribution is -2.55. The lowest BCUT2D eigenvalue weighted by atomic mass is 9.98. The molecule has 3 aliphatic heterocycles. The summed E-state index contributed by atoms with van der Waals surface area (Å²) >= 11 is 0. The van der Waals surface area contributed by atoms with E-state index in [2.05, 4.69) is 24.3 Å². The molecule has 1 aliphatic carbocycles. The molecule has 3 heterocycles. The standard InChI is InChI=1S/C30H33N3O6/c34-27(32-16-7-14-26(32)29(36)37)24-12-5-15-31(24)28(35)25-13-6-17-33(25)30(38)39-18-23-21-10-3-1-8-19(21)20-9-2-4-11-22(20)23/h1-4,8-11,23-26H,5-7,12-18H2,(H,36,37)/t24-,25+,26+/m1/s1. The van der Waals surface area contributed by atoms with Gasteiger partial charge in [-0.25, -0.2) is 9.59 Å². The minimum atomic E-state index is -1.01. The van der Waals surface area contributed by atoms with Crippen LogP contribution in [0.3, 0.4) is 0 Å². The molecule has 2 aromatic carbocycles. The predicted molar refractivity (Wildman–Crippen MR) is 142 cm³/mol. The van der Waals surface area contributed by atoms with Gasteiger partial charge in [-0.2, -0.15) is 0 Å². The van der Waals surface area contributed by atoms with Crippen LogP contribution in [0.15, 0.2) is 48.5 Å². The molecule has 0 unspecified atom stereocenters. The van der Waals surface area contributed by atoms with Crippen molar-refractivity contribution in [3.63, 3.8) is 0 Å². The van der Waals surface area contributed by atoms with Crippen LogP contribution in [0.5, 0.6) is 0 Å². The molecule has 204 valence electrons. The highest BCUT2D eigenvalue weighted by atomic mass is 16.6. The molecule has 9 nitrogen and oxygen atoms in total. The van der Waals surface area contributed by atoms with E-state index in [9.17, 15) is 24.3 Å². The highest BCUT2D eigenvalue weighted by molar-refractivity contribution is 5.94. The number of rotatable bonds is 5. The van der Waals surface area contributed by atoms with E-state index in [1.807, 2.05) is 24.3 Å². The first kappa shape index (κ1) is 25.4. The Labute approximate surface area is 227 Å². The van der Waals surface area contributed by atoms with E-state index >= 15 is 0 Å². The number of hydrogen-bond acceptors (Lipinski definition) is 5. The zero-order chi connectivity index (χ0) is 27.1. The van der Waals surface area contributed by atoms with Crippen molar-refractivity contribution in [1.82, 2.24) is 14.7 Å². The van der Waals surface area contributed by atoms with Gasteiger partial charge in [0.15, 0.2) is 0 Å². The van der Waals surface area contributed by atoms with Crippen molar-refractivity contribution >= 4 is 23.9 Å². The van der Waals surface area contributed by atoms with Crippen LogP contribution in [0.4, 0.5) is 4.79 Å². The average molecular weight is 532 g/mol. The largest absolute Gasteiger partial charge is 0.480 e. The molecule has 6 rings (SSSR count). The number of hydrogen-bond donors (Lipinski definition) is 1. The third-order valence-electron chi connectivity index (χ3n) is 8.75. The van der Waals surface area contributed by atoms with Crippen LogP contribution in [0.25, 0.3) is 11.1 Å². The first-order valence-electron chi connectivity index (χ1n) is 13.9. The Kier molecular flexibility index (Phi) is 6.74. The van der Waals surface area contributed by atoms with Gasteiger partial charge in [-0.3, -0.25) is 14.5 Å². The summed E-state index contributed by atoms with van der Waals surface area (Å²) in [4.78, 5) is 56.4. The third-order valence-corrected chi connectivity index (χ3v) is 8.75. The van der Waals surface area contributed by atoms with E-state index in [0.717, 1.165) is 22.3 Å². The summed E-state index contributed by atoms with van der Waals surface area (Å²) < 4.78 is 5.84. The average Bonchev–Trinajstić information content (AvgIpc) is 3.76. The predicted octanol–water partition coefficient (Wildman–Crippen LogP) is 3.47. The third kappa shape index (κ3) is 4.43. The second-order valence-electron chi connectivity index (χ2n) is 10.9. The van der Waals surface area contributed by atoms with Crippen molar-refractivity contribution in [2.45, 2.75) is 62.6 Å². The first-order chi connectivity index (χ1) is 19.0. The lowest BCUT2D eigenvalue weighted by Gasteiger charge is -2.33. The van der Waals surface area contributed by atoms with Gasteiger partial charge in [0, 0.05) is 25.6 Å². The molecule has 4 aliphatic rings. The fraction of sp³-hybridized carbons (Fsp3) is 0.467. The zero-order valence-corrected chi connectivity index (χ0v) is 21.8. The summed E-state index contributed by atoms with van der Waals surface area (Å²) in [6, 6.07) is 14.1. The van der Waals surface area contributed by atoms with Gasteiger partial charge >= 0.3 is 12.1 Å². The van der Waals surface area contributed by atoms with Crippen molar-refractivity contribution in [3.8, 4) is 11.1 Å². The zero-order valence-electron chi connectivity index (χ0n) is 21.8. The fourth-order valence-electron chi connectivity index (χ4n) is 6.88. The number of aliphatic carboxylic acids is 1. The summed E-state index contributed by atoms with van der Waals surface area (Å²) in [5, 5.41) is 9.52. The Morgan fingerprint density at radius 3 is 1.72 bits per heavy atom. The van der Waals surface area contributed by atoms with E-state index in [1.165, 1.54) is 9.80 Å². The molecule has 1 N–H and O–H groups in total. The summed E-state index contributed by atoms with van der Waals surface area (Å²) in [5.41, 5.74) is 4.55. The molecule has 0 saturated carbocycles. The van der Waals surface area contributed by atoms with Crippen molar-refractivity contribution in [3.05, 3.63) is 59.7 Å². The Hall–Kier alpha value is -3.88. The minimum absolute atomic E-state index is 0.0682. The van der Waals surface area contributed by atoms with Crippen LogP contribution in [0.2, 0.25) is 0 Å². The van der Waals surface area contributed by atoms with Crippen molar-refractivity contribution in [2.75, 3.05) is 26.2 Å². The molecule has 0 aromatic heterocycles. The lowest BCUT2D eigenvalue weighted by molar-refractivity contribution is -0.152. The van der Waals surface area contributed by atoms with Gasteiger partial charge in [0.1, 0.15) is 24.7 Å². The maximum Gasteiger partial charge on any atom is 0.410 e. The summed E-state index contributed by atoms with van der Waals surface area (Å²) in [6.45, 7) is 1.42. The first-order valence-corrected chi connectivity index (χ1v) is 13.9. The smallest absolute Gasteiger partial charge is 0.410 e. The van der Waals surface area contributed by atoms with Gasteiger partial charge in [0.2, 0.25) is 11.8 Å². The van der Waals surface area contributed by atoms with Gasteiger partial charge in [-0.05, 0) is 60.8 Å². The number of carbonyl (C=O) groups is 4. The highest BCUT2D eigenvalue weighted by Gasteiger charge is 2.46. The highest BCUT2D eigenvalue weighted by Crippen LogP contribution is 2.44. The van der Waals surface area contributed by atoms with Gasteiger partial charge in [0.25, 0.3) is 0 Å². The molecular formula is C30H33N3O6.